The van der Waals surface area contributed by atoms with Gasteiger partial charge in [0.15, 0.2) is 0 Å². The number of thiophene rings is 1. The van der Waals surface area contributed by atoms with E-state index < -0.39 is 0 Å². The molecule has 2 heterocycles. The van der Waals surface area contributed by atoms with Crippen molar-refractivity contribution in [3.05, 3.63) is 22.4 Å². The smallest absolute Gasteiger partial charge is 0.225 e. The van der Waals surface area contributed by atoms with Crippen molar-refractivity contribution < 1.29 is 9.59 Å². The van der Waals surface area contributed by atoms with Gasteiger partial charge in [-0.25, -0.2) is 0 Å². The zero-order chi connectivity index (χ0) is 14.7. The number of piperazine rings is 1. The third-order valence-corrected chi connectivity index (χ3v) is 5.50. The Hall–Kier alpha value is -1.36. The van der Waals surface area contributed by atoms with Gasteiger partial charge in [-0.05, 0) is 30.7 Å². The lowest BCUT2D eigenvalue weighted by molar-refractivity contribution is -0.144. The molecule has 0 N–H and O–H groups in total. The van der Waals surface area contributed by atoms with Crippen LogP contribution in [0.5, 0.6) is 0 Å². The van der Waals surface area contributed by atoms with E-state index in [2.05, 4.69) is 6.07 Å². The highest BCUT2D eigenvalue weighted by atomic mass is 32.1. The maximum Gasteiger partial charge on any atom is 0.225 e. The molecule has 1 aromatic rings. The molecule has 3 rings (SSSR count). The van der Waals surface area contributed by atoms with Gasteiger partial charge in [0.1, 0.15) is 0 Å². The van der Waals surface area contributed by atoms with Crippen LogP contribution in [-0.4, -0.2) is 47.8 Å². The van der Waals surface area contributed by atoms with Crippen molar-refractivity contribution >= 4 is 23.2 Å². The second kappa shape index (κ2) is 6.60. The Morgan fingerprint density at radius 3 is 2.43 bits per heavy atom. The lowest BCUT2D eigenvalue weighted by Crippen LogP contribution is -2.52. The minimum absolute atomic E-state index is 0.221. The molecule has 1 saturated carbocycles. The van der Waals surface area contributed by atoms with Gasteiger partial charge in [-0.1, -0.05) is 12.5 Å². The number of aryl methyl sites for hydroxylation is 1. The molecule has 21 heavy (non-hydrogen) atoms. The first-order valence-electron chi connectivity index (χ1n) is 7.83. The summed E-state index contributed by atoms with van der Waals surface area (Å²) < 4.78 is 0. The molecule has 0 spiro atoms. The Kier molecular flexibility index (Phi) is 4.58. The van der Waals surface area contributed by atoms with E-state index in [4.69, 9.17) is 0 Å². The Balaban J connectivity index is 1.42. The van der Waals surface area contributed by atoms with Crippen molar-refractivity contribution in [1.29, 1.82) is 0 Å². The van der Waals surface area contributed by atoms with Crippen LogP contribution >= 0.6 is 11.3 Å². The van der Waals surface area contributed by atoms with Gasteiger partial charge in [0.05, 0.1) is 0 Å². The molecule has 2 fully saturated rings. The zero-order valence-electron chi connectivity index (χ0n) is 12.3. The first-order valence-corrected chi connectivity index (χ1v) is 8.71. The van der Waals surface area contributed by atoms with E-state index in [9.17, 15) is 9.59 Å². The minimum atomic E-state index is 0.221. The standard InChI is InChI=1S/C16H22N2O2S/c19-15(7-6-14-5-2-12-21-14)17-8-10-18(11-9-17)16(20)13-3-1-4-13/h2,5,12-13H,1,3-4,6-11H2. The highest BCUT2D eigenvalue weighted by molar-refractivity contribution is 7.09. The van der Waals surface area contributed by atoms with Crippen molar-refractivity contribution in [3.8, 4) is 0 Å². The van der Waals surface area contributed by atoms with Crippen LogP contribution in [0.25, 0.3) is 0 Å². The molecule has 2 aliphatic rings. The van der Waals surface area contributed by atoms with E-state index in [1.165, 1.54) is 11.3 Å². The SMILES string of the molecule is O=C(CCc1cccs1)N1CCN(C(=O)C2CCC2)CC1. The molecule has 2 amide bonds. The van der Waals surface area contributed by atoms with Gasteiger partial charge in [0.2, 0.25) is 11.8 Å². The quantitative estimate of drug-likeness (QED) is 0.855. The van der Waals surface area contributed by atoms with Crippen LogP contribution in [-0.2, 0) is 16.0 Å². The van der Waals surface area contributed by atoms with Gasteiger partial charge >= 0.3 is 0 Å². The first kappa shape index (κ1) is 14.6. The molecule has 1 saturated heterocycles. The van der Waals surface area contributed by atoms with Crippen LogP contribution in [0.2, 0.25) is 0 Å². The number of hydrogen-bond acceptors (Lipinski definition) is 3. The number of carbonyl (C=O) groups excluding carboxylic acids is 2. The van der Waals surface area contributed by atoms with Gasteiger partial charge in [-0.2, -0.15) is 0 Å². The molecule has 0 bridgehead atoms. The van der Waals surface area contributed by atoms with Crippen LogP contribution in [0.1, 0.15) is 30.6 Å². The normalized spacial score (nSPS) is 19.4. The maximum atomic E-state index is 12.2. The third kappa shape index (κ3) is 3.46. The molecule has 4 nitrogen and oxygen atoms in total. The summed E-state index contributed by atoms with van der Waals surface area (Å²) in [5.74, 6) is 0.803. The second-order valence-corrected chi connectivity index (χ2v) is 6.95. The molecular weight excluding hydrogens is 284 g/mol. The van der Waals surface area contributed by atoms with Crippen molar-refractivity contribution in [2.45, 2.75) is 32.1 Å². The number of rotatable bonds is 4. The molecule has 5 heteroatoms. The number of nitrogens with zero attached hydrogens (tertiary/aromatic N) is 2. The molecule has 1 aliphatic carbocycles. The Morgan fingerprint density at radius 1 is 1.14 bits per heavy atom. The van der Waals surface area contributed by atoms with Gasteiger partial charge < -0.3 is 9.80 Å². The summed E-state index contributed by atoms with van der Waals surface area (Å²) in [5.41, 5.74) is 0. The second-order valence-electron chi connectivity index (χ2n) is 5.91. The molecule has 1 aliphatic heterocycles. The van der Waals surface area contributed by atoms with E-state index in [1.54, 1.807) is 11.3 Å². The minimum Gasteiger partial charge on any atom is -0.339 e. The maximum absolute atomic E-state index is 12.2. The summed E-state index contributed by atoms with van der Waals surface area (Å²) in [6.07, 6.45) is 4.71. The average Bonchev–Trinajstić information content (AvgIpc) is 2.96. The number of hydrogen-bond donors (Lipinski definition) is 0. The van der Waals surface area contributed by atoms with E-state index in [0.717, 1.165) is 19.3 Å². The van der Waals surface area contributed by atoms with Crippen molar-refractivity contribution in [3.63, 3.8) is 0 Å². The molecular formula is C16H22N2O2S. The summed E-state index contributed by atoms with van der Waals surface area (Å²) >= 11 is 1.70. The fourth-order valence-corrected chi connectivity index (χ4v) is 3.64. The van der Waals surface area contributed by atoms with Crippen LogP contribution < -0.4 is 0 Å². The van der Waals surface area contributed by atoms with Gasteiger partial charge in [0.25, 0.3) is 0 Å². The topological polar surface area (TPSA) is 40.6 Å². The largest absolute Gasteiger partial charge is 0.339 e. The van der Waals surface area contributed by atoms with E-state index >= 15 is 0 Å². The predicted octanol–water partition coefficient (Wildman–Crippen LogP) is 2.15. The Labute approximate surface area is 129 Å². The molecule has 1 aromatic heterocycles. The van der Waals surface area contributed by atoms with Gasteiger partial charge in [0, 0.05) is 43.4 Å². The summed E-state index contributed by atoms with van der Waals surface area (Å²) in [5, 5.41) is 2.05. The molecule has 0 radical (unpaired) electrons. The highest BCUT2D eigenvalue weighted by Crippen LogP contribution is 2.28. The molecule has 114 valence electrons. The van der Waals surface area contributed by atoms with E-state index in [1.807, 2.05) is 21.2 Å². The zero-order valence-corrected chi connectivity index (χ0v) is 13.1. The molecule has 0 unspecified atom stereocenters. The van der Waals surface area contributed by atoms with Crippen molar-refractivity contribution in [2.75, 3.05) is 26.2 Å². The number of carbonyl (C=O) groups is 2. The van der Waals surface area contributed by atoms with Gasteiger partial charge in [-0.3, -0.25) is 9.59 Å². The van der Waals surface area contributed by atoms with Crippen LogP contribution in [0.15, 0.2) is 17.5 Å². The summed E-state index contributed by atoms with van der Waals surface area (Å²) in [6, 6.07) is 4.10. The fourth-order valence-electron chi connectivity index (χ4n) is 2.93. The van der Waals surface area contributed by atoms with E-state index in [0.29, 0.717) is 38.5 Å². The van der Waals surface area contributed by atoms with Gasteiger partial charge in [-0.15, -0.1) is 11.3 Å². The number of amides is 2. The summed E-state index contributed by atoms with van der Waals surface area (Å²) in [6.45, 7) is 2.81. The van der Waals surface area contributed by atoms with Crippen LogP contribution in [0, 0.1) is 5.92 Å². The molecule has 0 atom stereocenters. The fraction of sp³-hybridized carbons (Fsp3) is 0.625. The first-order chi connectivity index (χ1) is 10.2. The highest BCUT2D eigenvalue weighted by Gasteiger charge is 2.31. The summed E-state index contributed by atoms with van der Waals surface area (Å²) in [7, 11) is 0. The average molecular weight is 306 g/mol. The molecule has 0 aromatic carbocycles. The van der Waals surface area contributed by atoms with Crippen molar-refractivity contribution in [1.82, 2.24) is 9.80 Å². The lowest BCUT2D eigenvalue weighted by atomic mass is 9.84. The van der Waals surface area contributed by atoms with Crippen molar-refractivity contribution in [2.24, 2.45) is 5.92 Å². The predicted molar refractivity (Wildman–Crippen MR) is 83.1 cm³/mol. The Morgan fingerprint density at radius 2 is 1.86 bits per heavy atom. The third-order valence-electron chi connectivity index (χ3n) is 4.56. The monoisotopic (exact) mass is 306 g/mol. The van der Waals surface area contributed by atoms with Crippen LogP contribution in [0.4, 0.5) is 0 Å². The lowest BCUT2D eigenvalue weighted by Gasteiger charge is -2.38. The van der Waals surface area contributed by atoms with Crippen LogP contribution in [0.3, 0.4) is 0 Å². The Bertz CT molecular complexity index is 488. The summed E-state index contributed by atoms with van der Waals surface area (Å²) in [4.78, 5) is 29.5. The van der Waals surface area contributed by atoms with E-state index in [-0.39, 0.29) is 11.8 Å².